The number of anilines is 1. The van der Waals surface area contributed by atoms with Crippen LogP contribution in [0.15, 0.2) is 54.6 Å². The van der Waals surface area contributed by atoms with Crippen molar-refractivity contribution in [3.05, 3.63) is 82.4 Å². The highest BCUT2D eigenvalue weighted by Crippen LogP contribution is 2.54. The number of carboxylic acids is 1. The van der Waals surface area contributed by atoms with Crippen LogP contribution < -0.4 is 19.5 Å². The Balaban J connectivity index is 1.47. The van der Waals surface area contributed by atoms with E-state index in [-0.39, 0.29) is 24.9 Å². The number of rotatable bonds is 3. The summed E-state index contributed by atoms with van der Waals surface area (Å²) in [6.07, 6.45) is 0.555. The van der Waals surface area contributed by atoms with Gasteiger partial charge in [-0.05, 0) is 41.8 Å². The lowest BCUT2D eigenvalue weighted by atomic mass is 9.74. The molecule has 3 aromatic rings. The van der Waals surface area contributed by atoms with Crippen LogP contribution in [0.3, 0.4) is 0 Å². The number of carbonyl (C=O) groups is 2. The molecule has 1 amide bonds. The van der Waals surface area contributed by atoms with Gasteiger partial charge in [-0.25, -0.2) is 4.79 Å². The number of fused-ring (bicyclic) bond motifs is 5. The lowest BCUT2D eigenvalue weighted by Gasteiger charge is -2.23. The molecule has 31 heavy (non-hydrogen) atoms. The molecule has 0 saturated heterocycles. The second-order valence-corrected chi connectivity index (χ2v) is 7.87. The number of amides is 1. The van der Waals surface area contributed by atoms with E-state index in [1.54, 1.807) is 30.3 Å². The number of benzene rings is 3. The maximum atomic E-state index is 13.3. The molecule has 0 fully saturated rings. The molecule has 6 rings (SSSR count). The SMILES string of the molecule is O=C(O)c1ccc(Cc2cccc3c2C2(COc4cc5c(cc42)OCO5)C(=O)N3)cc1. The molecule has 0 aromatic heterocycles. The number of hydrogen-bond acceptors (Lipinski definition) is 5. The predicted molar refractivity (Wildman–Crippen MR) is 110 cm³/mol. The summed E-state index contributed by atoms with van der Waals surface area (Å²) < 4.78 is 17.0. The molecule has 1 spiro atoms. The molecule has 7 heteroatoms. The third kappa shape index (κ3) is 2.46. The van der Waals surface area contributed by atoms with Crippen LogP contribution in [0.4, 0.5) is 5.69 Å². The molecule has 3 aromatic carbocycles. The monoisotopic (exact) mass is 415 g/mol. The van der Waals surface area contributed by atoms with E-state index in [0.29, 0.717) is 23.7 Å². The summed E-state index contributed by atoms with van der Waals surface area (Å²) in [5.41, 5.74) is 3.62. The van der Waals surface area contributed by atoms with Crippen molar-refractivity contribution in [1.82, 2.24) is 0 Å². The van der Waals surface area contributed by atoms with E-state index in [0.717, 1.165) is 27.9 Å². The Kier molecular flexibility index (Phi) is 3.59. The quantitative estimate of drug-likeness (QED) is 0.682. The fraction of sp³-hybridized carbons (Fsp3) is 0.167. The highest BCUT2D eigenvalue weighted by atomic mass is 16.7. The highest BCUT2D eigenvalue weighted by molar-refractivity contribution is 6.10. The lowest BCUT2D eigenvalue weighted by Crippen LogP contribution is -2.38. The van der Waals surface area contributed by atoms with Gasteiger partial charge in [0.05, 0.1) is 5.56 Å². The first-order valence-electron chi connectivity index (χ1n) is 9.89. The van der Waals surface area contributed by atoms with Crippen LogP contribution in [0.1, 0.15) is 32.6 Å². The van der Waals surface area contributed by atoms with E-state index >= 15 is 0 Å². The van der Waals surface area contributed by atoms with Gasteiger partial charge >= 0.3 is 5.97 Å². The van der Waals surface area contributed by atoms with Crippen molar-refractivity contribution >= 4 is 17.6 Å². The Hall–Kier alpha value is -4.00. The number of aromatic carboxylic acids is 1. The Labute approximate surface area is 177 Å². The van der Waals surface area contributed by atoms with E-state index in [2.05, 4.69) is 5.32 Å². The van der Waals surface area contributed by atoms with Crippen LogP contribution in [0.5, 0.6) is 17.2 Å². The van der Waals surface area contributed by atoms with Gasteiger partial charge in [-0.2, -0.15) is 0 Å². The zero-order chi connectivity index (χ0) is 21.2. The second kappa shape index (κ2) is 6.25. The van der Waals surface area contributed by atoms with E-state index < -0.39 is 11.4 Å². The van der Waals surface area contributed by atoms with Crippen molar-refractivity contribution in [3.63, 3.8) is 0 Å². The third-order valence-corrected chi connectivity index (χ3v) is 6.19. The summed E-state index contributed by atoms with van der Waals surface area (Å²) >= 11 is 0. The molecule has 2 N–H and O–H groups in total. The Morgan fingerprint density at radius 1 is 1.00 bits per heavy atom. The number of ether oxygens (including phenoxy) is 3. The molecule has 0 saturated carbocycles. The molecule has 1 unspecified atom stereocenters. The molecular formula is C24H17NO6. The first-order chi connectivity index (χ1) is 15.1. The van der Waals surface area contributed by atoms with Crippen molar-refractivity contribution in [1.29, 1.82) is 0 Å². The van der Waals surface area contributed by atoms with Gasteiger partial charge < -0.3 is 24.6 Å². The molecule has 154 valence electrons. The van der Waals surface area contributed by atoms with E-state index in [9.17, 15) is 9.59 Å². The van der Waals surface area contributed by atoms with Crippen molar-refractivity contribution in [3.8, 4) is 17.2 Å². The maximum Gasteiger partial charge on any atom is 0.335 e. The smallest absolute Gasteiger partial charge is 0.335 e. The normalized spacial score (nSPS) is 19.7. The third-order valence-electron chi connectivity index (χ3n) is 6.19. The summed E-state index contributed by atoms with van der Waals surface area (Å²) in [4.78, 5) is 24.5. The largest absolute Gasteiger partial charge is 0.491 e. The summed E-state index contributed by atoms with van der Waals surface area (Å²) in [5, 5.41) is 12.2. The fourth-order valence-corrected chi connectivity index (χ4v) is 4.72. The van der Waals surface area contributed by atoms with Gasteiger partial charge in [0.25, 0.3) is 0 Å². The Morgan fingerprint density at radius 2 is 1.77 bits per heavy atom. The first kappa shape index (κ1) is 17.8. The molecule has 0 radical (unpaired) electrons. The fourth-order valence-electron chi connectivity index (χ4n) is 4.72. The van der Waals surface area contributed by atoms with Gasteiger partial charge in [-0.1, -0.05) is 24.3 Å². The van der Waals surface area contributed by atoms with Gasteiger partial charge in [0.2, 0.25) is 12.7 Å². The minimum atomic E-state index is -0.969. The standard InChI is InChI=1S/C24H17NO6/c26-22(27)14-6-4-13(5-7-14)8-15-2-1-3-17-21(15)24(23(28)25-17)11-29-18-10-20-19(9-16(18)24)30-12-31-20/h1-7,9-10H,8,11-12H2,(H,25,28)(H,26,27). The highest BCUT2D eigenvalue weighted by Gasteiger charge is 2.55. The van der Waals surface area contributed by atoms with Gasteiger partial charge in [0.1, 0.15) is 17.8 Å². The molecule has 0 bridgehead atoms. The van der Waals surface area contributed by atoms with Gasteiger partial charge in [-0.15, -0.1) is 0 Å². The van der Waals surface area contributed by atoms with Crippen molar-refractivity contribution in [2.24, 2.45) is 0 Å². The summed E-state index contributed by atoms with van der Waals surface area (Å²) in [7, 11) is 0. The maximum absolute atomic E-state index is 13.3. The second-order valence-electron chi connectivity index (χ2n) is 7.87. The molecule has 0 aliphatic carbocycles. The minimum Gasteiger partial charge on any atom is -0.491 e. The number of carbonyl (C=O) groups excluding carboxylic acids is 1. The summed E-state index contributed by atoms with van der Waals surface area (Å²) in [6.45, 7) is 0.338. The lowest BCUT2D eigenvalue weighted by molar-refractivity contribution is -0.119. The van der Waals surface area contributed by atoms with Crippen LogP contribution in [-0.4, -0.2) is 30.4 Å². The van der Waals surface area contributed by atoms with Crippen LogP contribution in [0.2, 0.25) is 0 Å². The van der Waals surface area contributed by atoms with Crippen molar-refractivity contribution in [2.45, 2.75) is 11.8 Å². The zero-order valence-corrected chi connectivity index (χ0v) is 16.3. The topological polar surface area (TPSA) is 94.1 Å². The van der Waals surface area contributed by atoms with Crippen molar-refractivity contribution < 1.29 is 28.9 Å². The average Bonchev–Trinajstić information content (AvgIpc) is 3.44. The van der Waals surface area contributed by atoms with Crippen LogP contribution in [0.25, 0.3) is 0 Å². The number of nitrogens with one attached hydrogen (secondary N) is 1. The number of hydrogen-bond donors (Lipinski definition) is 2. The molecule has 3 aliphatic rings. The average molecular weight is 415 g/mol. The van der Waals surface area contributed by atoms with Gasteiger partial charge in [0.15, 0.2) is 11.5 Å². The van der Waals surface area contributed by atoms with Gasteiger partial charge in [0, 0.05) is 22.9 Å². The van der Waals surface area contributed by atoms with E-state index in [1.165, 1.54) is 0 Å². The van der Waals surface area contributed by atoms with E-state index in [4.69, 9.17) is 19.3 Å². The summed E-state index contributed by atoms with van der Waals surface area (Å²) in [5.74, 6) is 0.744. The van der Waals surface area contributed by atoms with Crippen LogP contribution in [-0.2, 0) is 16.6 Å². The molecular weight excluding hydrogens is 398 g/mol. The van der Waals surface area contributed by atoms with Crippen LogP contribution >= 0.6 is 0 Å². The van der Waals surface area contributed by atoms with Crippen molar-refractivity contribution in [2.75, 3.05) is 18.7 Å². The minimum absolute atomic E-state index is 0.131. The van der Waals surface area contributed by atoms with E-state index in [1.807, 2.05) is 24.3 Å². The van der Waals surface area contributed by atoms with Crippen LogP contribution in [0, 0.1) is 0 Å². The number of carboxylic acid groups (broad SMARTS) is 1. The molecule has 3 aliphatic heterocycles. The summed E-state index contributed by atoms with van der Waals surface area (Å²) in [6, 6.07) is 16.2. The Bertz CT molecular complexity index is 1270. The Morgan fingerprint density at radius 3 is 2.55 bits per heavy atom. The zero-order valence-electron chi connectivity index (χ0n) is 16.3. The predicted octanol–water partition coefficient (Wildman–Crippen LogP) is 3.33. The molecule has 7 nitrogen and oxygen atoms in total. The molecule has 1 atom stereocenters. The first-order valence-corrected chi connectivity index (χ1v) is 9.89. The van der Waals surface area contributed by atoms with Gasteiger partial charge in [-0.3, -0.25) is 4.79 Å². The molecule has 3 heterocycles.